The summed E-state index contributed by atoms with van der Waals surface area (Å²) in [6.07, 6.45) is 5.00. The molecule has 0 radical (unpaired) electrons. The van der Waals surface area contributed by atoms with Crippen molar-refractivity contribution in [2.45, 2.75) is 24.2 Å². The van der Waals surface area contributed by atoms with Gasteiger partial charge in [0.05, 0.1) is 13.1 Å². The number of thioether (sulfide) groups is 1. The van der Waals surface area contributed by atoms with Crippen molar-refractivity contribution in [3.63, 3.8) is 0 Å². The first-order chi connectivity index (χ1) is 14.6. The van der Waals surface area contributed by atoms with Gasteiger partial charge in [0.25, 0.3) is 0 Å². The van der Waals surface area contributed by atoms with Crippen LogP contribution in [0.1, 0.15) is 12.5 Å². The van der Waals surface area contributed by atoms with Crippen LogP contribution < -0.4 is 15.5 Å². The van der Waals surface area contributed by atoms with Gasteiger partial charge in [-0.2, -0.15) is 0 Å². The molecule has 1 saturated heterocycles. The average Bonchev–Trinajstić information content (AvgIpc) is 3.38. The van der Waals surface area contributed by atoms with E-state index < -0.39 is 0 Å². The zero-order chi connectivity index (χ0) is 20.9. The Bertz CT molecular complexity index is 935. The molecular weight excluding hydrogens is 402 g/mol. The predicted molar refractivity (Wildman–Crippen MR) is 115 cm³/mol. The third kappa shape index (κ3) is 4.98. The van der Waals surface area contributed by atoms with Crippen molar-refractivity contribution in [2.24, 2.45) is 0 Å². The van der Waals surface area contributed by atoms with Crippen LogP contribution in [0.2, 0.25) is 0 Å². The van der Waals surface area contributed by atoms with Crippen LogP contribution in [0.4, 0.5) is 10.5 Å². The summed E-state index contributed by atoms with van der Waals surface area (Å²) in [6.45, 7) is 2.98. The highest BCUT2D eigenvalue weighted by Crippen LogP contribution is 2.26. The molecule has 2 aliphatic heterocycles. The minimum atomic E-state index is -0.389. The molecule has 4 rings (SSSR count). The molecule has 2 aromatic rings. The number of benzene rings is 1. The van der Waals surface area contributed by atoms with Crippen molar-refractivity contribution in [2.75, 3.05) is 30.3 Å². The van der Waals surface area contributed by atoms with Gasteiger partial charge in [0.15, 0.2) is 5.16 Å². The molecule has 0 aliphatic carbocycles. The molecule has 30 heavy (non-hydrogen) atoms. The molecule has 2 amide bonds. The number of hydrogen-bond donors (Lipinski definition) is 2. The number of amides is 2. The Morgan fingerprint density at radius 2 is 2.07 bits per heavy atom. The monoisotopic (exact) mass is 425 g/mol. The van der Waals surface area contributed by atoms with Gasteiger partial charge < -0.3 is 15.4 Å². The first kappa shape index (κ1) is 20.4. The molecule has 156 valence electrons. The molecule has 2 N–H and O–H groups in total. The maximum atomic E-state index is 12.2. The molecule has 2 atom stereocenters. The lowest BCUT2D eigenvalue weighted by Crippen LogP contribution is -2.33. The number of carbonyl (C=O) groups is 2. The van der Waals surface area contributed by atoms with E-state index >= 15 is 0 Å². The average molecular weight is 426 g/mol. The number of nitrogens with one attached hydrogen (secondary N) is 2. The Labute approximate surface area is 179 Å². The molecule has 1 aromatic carbocycles. The summed E-state index contributed by atoms with van der Waals surface area (Å²) in [5.41, 5.74) is 3.14. The van der Waals surface area contributed by atoms with E-state index in [1.165, 1.54) is 12.5 Å². The largest absolute Gasteiger partial charge is 0.442 e. The number of anilines is 1. The molecule has 0 unspecified atom stereocenters. The Hall–Kier alpha value is -2.91. The Morgan fingerprint density at radius 1 is 1.30 bits per heavy atom. The SMILES string of the molecule is CC(=O)NC[C@H]1CN(c2ccc(C3=C[C@@H](CSc4ncccn4)NC3)cc2)C(=O)O1. The third-order valence-electron chi connectivity index (χ3n) is 4.89. The first-order valence-corrected chi connectivity index (χ1v) is 10.7. The molecule has 0 bridgehead atoms. The summed E-state index contributed by atoms with van der Waals surface area (Å²) in [6, 6.07) is 9.97. The normalized spacial score (nSPS) is 20.8. The quantitative estimate of drug-likeness (QED) is 0.518. The van der Waals surface area contributed by atoms with Crippen LogP contribution >= 0.6 is 11.8 Å². The fraction of sp³-hybridized carbons (Fsp3) is 0.333. The van der Waals surface area contributed by atoms with E-state index in [4.69, 9.17) is 4.74 Å². The zero-order valence-corrected chi connectivity index (χ0v) is 17.4. The fourth-order valence-electron chi connectivity index (χ4n) is 3.38. The van der Waals surface area contributed by atoms with Crippen LogP contribution in [-0.2, 0) is 9.53 Å². The van der Waals surface area contributed by atoms with E-state index in [1.54, 1.807) is 29.1 Å². The Morgan fingerprint density at radius 3 is 2.80 bits per heavy atom. The molecule has 9 heteroatoms. The lowest BCUT2D eigenvalue weighted by Gasteiger charge is -2.14. The minimum Gasteiger partial charge on any atom is -0.442 e. The van der Waals surface area contributed by atoms with Crippen LogP contribution in [0, 0.1) is 0 Å². The summed E-state index contributed by atoms with van der Waals surface area (Å²) in [7, 11) is 0. The lowest BCUT2D eigenvalue weighted by molar-refractivity contribution is -0.119. The van der Waals surface area contributed by atoms with Gasteiger partial charge in [-0.25, -0.2) is 14.8 Å². The van der Waals surface area contributed by atoms with Gasteiger partial charge in [0.2, 0.25) is 5.91 Å². The van der Waals surface area contributed by atoms with Crippen molar-refractivity contribution in [1.29, 1.82) is 0 Å². The highest BCUT2D eigenvalue weighted by molar-refractivity contribution is 7.99. The molecule has 8 nitrogen and oxygen atoms in total. The second-order valence-electron chi connectivity index (χ2n) is 7.12. The van der Waals surface area contributed by atoms with Gasteiger partial charge in [-0.3, -0.25) is 9.69 Å². The Kier molecular flexibility index (Phi) is 6.29. The number of cyclic esters (lactones) is 1. The van der Waals surface area contributed by atoms with E-state index in [9.17, 15) is 9.59 Å². The van der Waals surface area contributed by atoms with Crippen molar-refractivity contribution in [1.82, 2.24) is 20.6 Å². The van der Waals surface area contributed by atoms with Gasteiger partial charge in [-0.05, 0) is 29.3 Å². The number of nitrogens with zero attached hydrogens (tertiary/aromatic N) is 3. The van der Waals surface area contributed by atoms with Crippen molar-refractivity contribution >= 4 is 35.0 Å². The maximum absolute atomic E-state index is 12.2. The van der Waals surface area contributed by atoms with Crippen LogP contribution in [0.15, 0.2) is 54.0 Å². The lowest BCUT2D eigenvalue weighted by atomic mass is 10.1. The standard InChI is InChI=1S/C21H23N5O3S/c1-14(27)24-11-19-12-26(21(28)29-19)18-5-3-15(4-6-18)16-9-17(25-10-16)13-30-20-22-7-2-8-23-20/h2-9,17,19,25H,10-13H2,1H3,(H,24,27)/t17-,19-/m0/s1. The van der Waals surface area contributed by atoms with E-state index in [1.807, 2.05) is 30.3 Å². The number of ether oxygens (including phenoxy) is 1. The van der Waals surface area contributed by atoms with Gasteiger partial charge in [0, 0.05) is 43.3 Å². The van der Waals surface area contributed by atoms with E-state index in [0.29, 0.717) is 13.1 Å². The smallest absolute Gasteiger partial charge is 0.414 e. The number of aromatic nitrogens is 2. The zero-order valence-electron chi connectivity index (χ0n) is 16.6. The van der Waals surface area contributed by atoms with Gasteiger partial charge >= 0.3 is 6.09 Å². The van der Waals surface area contributed by atoms with Gasteiger partial charge in [-0.15, -0.1) is 0 Å². The summed E-state index contributed by atoms with van der Waals surface area (Å²) in [4.78, 5) is 33.3. The van der Waals surface area contributed by atoms with E-state index in [0.717, 1.165) is 28.7 Å². The van der Waals surface area contributed by atoms with Gasteiger partial charge in [0.1, 0.15) is 6.10 Å². The molecule has 1 aromatic heterocycles. The Balaban J connectivity index is 1.34. The van der Waals surface area contributed by atoms with E-state index in [2.05, 4.69) is 26.7 Å². The van der Waals surface area contributed by atoms with Crippen LogP contribution in [0.5, 0.6) is 0 Å². The second-order valence-corrected chi connectivity index (χ2v) is 8.11. The third-order valence-corrected chi connectivity index (χ3v) is 5.89. The van der Waals surface area contributed by atoms with Crippen molar-refractivity contribution in [3.05, 3.63) is 54.4 Å². The molecule has 1 fully saturated rings. The number of rotatable bonds is 7. The second kappa shape index (κ2) is 9.27. The van der Waals surface area contributed by atoms with Crippen LogP contribution in [0.3, 0.4) is 0 Å². The fourth-order valence-corrected chi connectivity index (χ4v) is 4.20. The highest BCUT2D eigenvalue weighted by Gasteiger charge is 2.32. The molecule has 0 saturated carbocycles. The predicted octanol–water partition coefficient (Wildman–Crippen LogP) is 2.09. The van der Waals surface area contributed by atoms with Crippen molar-refractivity contribution in [3.8, 4) is 0 Å². The maximum Gasteiger partial charge on any atom is 0.414 e. The van der Waals surface area contributed by atoms with Gasteiger partial charge in [-0.1, -0.05) is 30.0 Å². The minimum absolute atomic E-state index is 0.139. The topological polar surface area (TPSA) is 96.5 Å². The highest BCUT2D eigenvalue weighted by atomic mass is 32.2. The van der Waals surface area contributed by atoms with Crippen LogP contribution in [-0.4, -0.2) is 59.5 Å². The van der Waals surface area contributed by atoms with Crippen molar-refractivity contribution < 1.29 is 14.3 Å². The molecule has 3 heterocycles. The summed E-state index contributed by atoms with van der Waals surface area (Å²) in [5, 5.41) is 6.96. The summed E-state index contributed by atoms with van der Waals surface area (Å²) >= 11 is 1.63. The number of carbonyl (C=O) groups excluding carboxylic acids is 2. The summed E-state index contributed by atoms with van der Waals surface area (Å²) < 4.78 is 5.32. The summed E-state index contributed by atoms with van der Waals surface area (Å²) in [5.74, 6) is 0.723. The molecule has 2 aliphatic rings. The molecule has 0 spiro atoms. The van der Waals surface area contributed by atoms with Crippen LogP contribution in [0.25, 0.3) is 5.57 Å². The van der Waals surface area contributed by atoms with E-state index in [-0.39, 0.29) is 24.1 Å². The number of hydrogen-bond acceptors (Lipinski definition) is 7. The molecular formula is C21H23N5O3S. The first-order valence-electron chi connectivity index (χ1n) is 9.75.